The van der Waals surface area contributed by atoms with E-state index < -0.39 is 29.0 Å². The van der Waals surface area contributed by atoms with Gasteiger partial charge < -0.3 is 19.2 Å². The van der Waals surface area contributed by atoms with Crippen LogP contribution in [0.2, 0.25) is 0 Å². The smallest absolute Gasteiger partial charge is 0.327 e. The van der Waals surface area contributed by atoms with E-state index in [2.05, 4.69) is 10.3 Å². The number of para-hydroxylation sites is 1. The Morgan fingerprint density at radius 3 is 2.65 bits per heavy atom. The highest BCUT2D eigenvalue weighted by atomic mass is 16.6. The van der Waals surface area contributed by atoms with Crippen molar-refractivity contribution in [3.63, 3.8) is 0 Å². The fourth-order valence-corrected chi connectivity index (χ4v) is 6.04. The third kappa shape index (κ3) is 2.86. The van der Waals surface area contributed by atoms with E-state index in [4.69, 9.17) is 14.2 Å². The van der Waals surface area contributed by atoms with E-state index in [1.807, 2.05) is 24.3 Å². The molecule has 1 saturated heterocycles. The molecule has 0 saturated carbocycles. The molecule has 4 atom stereocenters. The second-order valence-corrected chi connectivity index (χ2v) is 9.04. The lowest BCUT2D eigenvalue weighted by molar-refractivity contribution is -0.535. The van der Waals surface area contributed by atoms with Crippen LogP contribution in [0.25, 0.3) is 10.9 Å². The Bertz CT molecular complexity index is 1300. The molecule has 2 aliphatic heterocycles. The molecule has 2 N–H and O–H groups in total. The summed E-state index contributed by atoms with van der Waals surface area (Å²) in [6, 6.07) is 11.7. The van der Waals surface area contributed by atoms with Crippen molar-refractivity contribution in [1.82, 2.24) is 10.3 Å². The molecule has 178 valence electrons. The Hall–Kier alpha value is -3.59. The first-order valence-electron chi connectivity index (χ1n) is 11.2. The molecule has 1 fully saturated rings. The summed E-state index contributed by atoms with van der Waals surface area (Å²) in [5, 5.41) is 17.1. The number of nitro groups is 1. The van der Waals surface area contributed by atoms with Gasteiger partial charge in [-0.1, -0.05) is 24.3 Å². The first-order chi connectivity index (χ1) is 16.3. The fourth-order valence-electron chi connectivity index (χ4n) is 6.04. The Morgan fingerprint density at radius 2 is 1.97 bits per heavy atom. The van der Waals surface area contributed by atoms with Crippen molar-refractivity contribution < 1.29 is 23.9 Å². The zero-order valence-electron chi connectivity index (χ0n) is 19.5. The molecule has 2 aromatic carbocycles. The van der Waals surface area contributed by atoms with Crippen molar-refractivity contribution >= 4 is 16.9 Å². The zero-order chi connectivity index (χ0) is 24.3. The quantitative estimate of drug-likeness (QED) is 0.326. The number of hydrogen-bond donors (Lipinski definition) is 2. The lowest BCUT2D eigenvalue weighted by Gasteiger charge is -2.38. The molecule has 9 heteroatoms. The topological polar surface area (TPSA) is 116 Å². The summed E-state index contributed by atoms with van der Waals surface area (Å²) in [7, 11) is 3.04. The minimum atomic E-state index is -1.36. The molecule has 2 bridgehead atoms. The Kier molecular flexibility index (Phi) is 5.05. The van der Waals surface area contributed by atoms with E-state index in [0.29, 0.717) is 17.1 Å². The molecular weight excluding hydrogens is 438 g/mol. The molecule has 0 spiro atoms. The number of aromatic nitrogens is 1. The van der Waals surface area contributed by atoms with Crippen LogP contribution in [-0.2, 0) is 21.5 Å². The van der Waals surface area contributed by atoms with Gasteiger partial charge in [0.15, 0.2) is 0 Å². The first-order valence-corrected chi connectivity index (χ1v) is 11.2. The number of carbonyl (C=O) groups excluding carboxylic acids is 1. The molecule has 3 aromatic rings. The summed E-state index contributed by atoms with van der Waals surface area (Å²) in [4.78, 5) is 29.5. The van der Waals surface area contributed by atoms with E-state index in [9.17, 15) is 14.9 Å². The molecule has 1 aromatic heterocycles. The number of rotatable bonds is 6. The maximum atomic E-state index is 13.7. The molecule has 5 rings (SSSR count). The minimum absolute atomic E-state index is 0.162. The van der Waals surface area contributed by atoms with Crippen LogP contribution < -0.4 is 14.8 Å². The van der Waals surface area contributed by atoms with Crippen molar-refractivity contribution in [2.24, 2.45) is 0 Å². The molecule has 0 amide bonds. The largest absolute Gasteiger partial charge is 0.497 e. The van der Waals surface area contributed by atoms with Gasteiger partial charge in [0, 0.05) is 39.6 Å². The number of ether oxygens (including phenoxy) is 3. The van der Waals surface area contributed by atoms with E-state index in [0.717, 1.165) is 22.2 Å². The van der Waals surface area contributed by atoms with Crippen LogP contribution in [0.4, 0.5) is 0 Å². The van der Waals surface area contributed by atoms with E-state index in [-0.39, 0.29) is 18.0 Å². The number of aromatic amines is 1. The number of carbonyl (C=O) groups is 1. The molecule has 9 nitrogen and oxygen atoms in total. The highest BCUT2D eigenvalue weighted by molar-refractivity contribution is 5.91. The lowest BCUT2D eigenvalue weighted by Crippen LogP contribution is -2.60. The van der Waals surface area contributed by atoms with E-state index >= 15 is 0 Å². The standard InChI is InChI=1S/C25H27N3O6/c1-5-34-23(29)25-13-17-15-8-6-7-9-18(15)26-21(17)24(2,27-25)22(28(30)31)20(25)16-11-10-14(32-3)12-19(16)33-4/h6-12,20,22,26-27H,5,13H2,1-4H3/t20-,22-,24?,25?/m0/s1. The highest BCUT2D eigenvalue weighted by Crippen LogP contribution is 2.57. The van der Waals surface area contributed by atoms with Crippen LogP contribution in [0.5, 0.6) is 11.5 Å². The summed E-state index contributed by atoms with van der Waals surface area (Å²) >= 11 is 0. The van der Waals surface area contributed by atoms with Gasteiger partial charge in [-0.25, -0.2) is 0 Å². The van der Waals surface area contributed by atoms with Crippen LogP contribution >= 0.6 is 0 Å². The van der Waals surface area contributed by atoms with Crippen molar-refractivity contribution in [3.8, 4) is 11.5 Å². The SMILES string of the molecule is CCOC(=O)C12Cc3c([nH]c4ccccc34)C(C)(N1)[C@@H]([N+](=O)[O-])[C@@H]2c1ccc(OC)cc1OC. The Morgan fingerprint density at radius 1 is 1.21 bits per heavy atom. The van der Waals surface area contributed by atoms with Crippen molar-refractivity contribution in [2.75, 3.05) is 20.8 Å². The van der Waals surface area contributed by atoms with Crippen LogP contribution in [0.1, 0.15) is 36.6 Å². The number of hydrogen-bond acceptors (Lipinski definition) is 7. The number of nitrogens with zero attached hydrogens (tertiary/aromatic N) is 1. The molecule has 2 aliphatic rings. The van der Waals surface area contributed by atoms with E-state index in [1.165, 1.54) is 14.2 Å². The number of nitrogens with one attached hydrogen (secondary N) is 2. The molecule has 3 heterocycles. The van der Waals surface area contributed by atoms with Gasteiger partial charge in [-0.2, -0.15) is 0 Å². The Labute approximate surface area is 196 Å². The lowest BCUT2D eigenvalue weighted by atomic mass is 9.75. The van der Waals surface area contributed by atoms with Crippen molar-refractivity contribution in [2.45, 2.75) is 43.3 Å². The number of benzene rings is 2. The minimum Gasteiger partial charge on any atom is -0.497 e. The van der Waals surface area contributed by atoms with Crippen molar-refractivity contribution in [3.05, 3.63) is 69.4 Å². The van der Waals surface area contributed by atoms with Gasteiger partial charge >= 0.3 is 5.97 Å². The van der Waals surface area contributed by atoms with Gasteiger partial charge in [-0.05, 0) is 31.5 Å². The predicted molar refractivity (Wildman–Crippen MR) is 125 cm³/mol. The summed E-state index contributed by atoms with van der Waals surface area (Å²) < 4.78 is 16.5. The average molecular weight is 466 g/mol. The number of H-pyrrole nitrogens is 1. The normalized spacial score (nSPS) is 27.3. The van der Waals surface area contributed by atoms with Crippen molar-refractivity contribution in [1.29, 1.82) is 0 Å². The van der Waals surface area contributed by atoms with E-state index in [1.54, 1.807) is 32.0 Å². The Balaban J connectivity index is 1.81. The fraction of sp³-hybridized carbons (Fsp3) is 0.400. The third-order valence-corrected chi connectivity index (χ3v) is 7.35. The number of esters is 1. The summed E-state index contributed by atoms with van der Waals surface area (Å²) in [5.41, 5.74) is 0.546. The zero-order valence-corrected chi connectivity index (χ0v) is 19.5. The summed E-state index contributed by atoms with van der Waals surface area (Å²) in [5.74, 6) is -0.387. The van der Waals surface area contributed by atoms with Gasteiger partial charge in [0.25, 0.3) is 0 Å². The first kappa shape index (κ1) is 22.2. The molecule has 0 radical (unpaired) electrons. The van der Waals surface area contributed by atoms with Crippen LogP contribution in [0.3, 0.4) is 0 Å². The summed E-state index contributed by atoms with van der Waals surface area (Å²) in [6.07, 6.45) is 0.241. The van der Waals surface area contributed by atoms with Gasteiger partial charge in [-0.3, -0.25) is 20.2 Å². The number of methoxy groups -OCH3 is 2. The predicted octanol–water partition coefficient (Wildman–Crippen LogP) is 3.29. The average Bonchev–Trinajstić information content (AvgIpc) is 3.31. The molecule has 34 heavy (non-hydrogen) atoms. The second kappa shape index (κ2) is 7.73. The van der Waals surface area contributed by atoms with Crippen LogP contribution in [0.15, 0.2) is 42.5 Å². The van der Waals surface area contributed by atoms with Gasteiger partial charge in [0.2, 0.25) is 6.04 Å². The molecule has 2 unspecified atom stereocenters. The maximum Gasteiger partial charge on any atom is 0.327 e. The molecule has 0 aliphatic carbocycles. The summed E-state index contributed by atoms with van der Waals surface area (Å²) in [6.45, 7) is 3.68. The highest BCUT2D eigenvalue weighted by Gasteiger charge is 2.73. The van der Waals surface area contributed by atoms with Gasteiger partial charge in [0.1, 0.15) is 22.6 Å². The second-order valence-electron chi connectivity index (χ2n) is 9.04. The third-order valence-electron chi connectivity index (χ3n) is 7.35. The number of fused-ring (bicyclic) bond motifs is 6. The monoisotopic (exact) mass is 465 g/mol. The maximum absolute atomic E-state index is 13.7. The van der Waals surface area contributed by atoms with Gasteiger partial charge in [0.05, 0.1) is 26.7 Å². The molecular formula is C25H27N3O6. The van der Waals surface area contributed by atoms with Crippen LogP contribution in [-0.4, -0.2) is 48.3 Å². The van der Waals surface area contributed by atoms with Gasteiger partial charge in [-0.15, -0.1) is 0 Å². The van der Waals surface area contributed by atoms with Crippen LogP contribution in [0, 0.1) is 10.1 Å².